The first-order valence-electron chi connectivity index (χ1n) is 9.96. The van der Waals surface area contributed by atoms with E-state index < -0.39 is 0 Å². The summed E-state index contributed by atoms with van der Waals surface area (Å²) in [6.45, 7) is 0. The van der Waals surface area contributed by atoms with Gasteiger partial charge in [-0.15, -0.1) is 0 Å². The Morgan fingerprint density at radius 1 is 0.812 bits per heavy atom. The Morgan fingerprint density at radius 2 is 1.50 bits per heavy atom. The molecule has 162 valence electrons. The first-order valence-corrected chi connectivity index (χ1v) is 9.96. The van der Waals surface area contributed by atoms with Crippen molar-refractivity contribution in [1.29, 1.82) is 0 Å². The number of anilines is 3. The number of benzene rings is 3. The van der Waals surface area contributed by atoms with Crippen LogP contribution in [0.15, 0.2) is 66.7 Å². The summed E-state index contributed by atoms with van der Waals surface area (Å²) >= 11 is 0. The minimum absolute atomic E-state index is 0.330. The van der Waals surface area contributed by atoms with Crippen LogP contribution in [0.1, 0.15) is 0 Å². The minimum Gasteiger partial charge on any atom is -0.493 e. The van der Waals surface area contributed by atoms with Crippen molar-refractivity contribution < 1.29 is 14.3 Å². The van der Waals surface area contributed by atoms with Gasteiger partial charge in [0.1, 0.15) is 0 Å². The van der Waals surface area contributed by atoms with Crippen LogP contribution >= 0.6 is 0 Å². The molecule has 0 spiro atoms. The van der Waals surface area contributed by atoms with Crippen LogP contribution in [0.5, 0.6) is 11.5 Å². The zero-order chi connectivity index (χ0) is 22.5. The number of rotatable bonds is 6. The summed E-state index contributed by atoms with van der Waals surface area (Å²) in [5, 5.41) is 9.47. The Kier molecular flexibility index (Phi) is 6.03. The number of carbonyl (C=O) groups excluding carboxylic acids is 1. The molecular weight excluding hydrogens is 406 g/mol. The summed E-state index contributed by atoms with van der Waals surface area (Å²) in [5.74, 6) is 1.64. The van der Waals surface area contributed by atoms with E-state index in [2.05, 4.69) is 25.9 Å². The number of amides is 2. The number of hydrogen-bond acceptors (Lipinski definition) is 6. The molecule has 32 heavy (non-hydrogen) atoms. The van der Waals surface area contributed by atoms with Crippen molar-refractivity contribution in [3.8, 4) is 22.8 Å². The van der Waals surface area contributed by atoms with Crippen LogP contribution < -0.4 is 25.4 Å². The van der Waals surface area contributed by atoms with Crippen LogP contribution in [0.25, 0.3) is 22.2 Å². The molecule has 1 aromatic heterocycles. The van der Waals surface area contributed by atoms with Crippen molar-refractivity contribution >= 4 is 34.3 Å². The van der Waals surface area contributed by atoms with Gasteiger partial charge in [0.15, 0.2) is 11.5 Å². The van der Waals surface area contributed by atoms with Crippen molar-refractivity contribution in [2.75, 3.05) is 37.2 Å². The van der Waals surface area contributed by atoms with Gasteiger partial charge in [-0.3, -0.25) is 0 Å². The van der Waals surface area contributed by atoms with Gasteiger partial charge in [-0.25, -0.2) is 14.8 Å². The number of methoxy groups -OCH3 is 2. The second-order valence-electron chi connectivity index (χ2n) is 6.90. The molecule has 0 aliphatic carbocycles. The lowest BCUT2D eigenvalue weighted by molar-refractivity contribution is 0.262. The molecule has 0 unspecified atom stereocenters. The van der Waals surface area contributed by atoms with Gasteiger partial charge in [0.05, 0.1) is 25.4 Å². The van der Waals surface area contributed by atoms with Crippen LogP contribution in [0.2, 0.25) is 0 Å². The number of carbonyl (C=O) groups is 1. The molecule has 4 rings (SSSR count). The highest BCUT2D eigenvalue weighted by molar-refractivity contribution is 6.01. The monoisotopic (exact) mass is 429 g/mol. The maximum Gasteiger partial charge on any atom is 0.323 e. The van der Waals surface area contributed by atoms with Gasteiger partial charge in [0, 0.05) is 35.4 Å². The van der Waals surface area contributed by atoms with Crippen LogP contribution in [0, 0.1) is 0 Å². The molecule has 2 amide bonds. The van der Waals surface area contributed by atoms with Gasteiger partial charge < -0.3 is 25.4 Å². The van der Waals surface area contributed by atoms with Crippen molar-refractivity contribution in [1.82, 2.24) is 9.97 Å². The molecule has 0 radical (unpaired) electrons. The molecule has 3 aromatic carbocycles. The summed E-state index contributed by atoms with van der Waals surface area (Å²) in [6.07, 6.45) is 0. The van der Waals surface area contributed by atoms with E-state index in [1.54, 1.807) is 21.3 Å². The standard InChI is InChI=1S/C24H23N5O3/c1-25-23-28-19-14-21(32-3)20(31-2)13-18(19)22(29-23)15-8-7-11-17(12-15)27-24(30)26-16-9-5-4-6-10-16/h4-14H,1-3H3,(H,25,28,29)(H2,26,27,30). The van der Waals surface area contributed by atoms with E-state index in [-0.39, 0.29) is 6.03 Å². The highest BCUT2D eigenvalue weighted by atomic mass is 16.5. The lowest BCUT2D eigenvalue weighted by Crippen LogP contribution is -2.19. The molecule has 0 fully saturated rings. The number of nitrogens with one attached hydrogen (secondary N) is 3. The van der Waals surface area contributed by atoms with E-state index in [9.17, 15) is 4.79 Å². The molecule has 4 aromatic rings. The number of aromatic nitrogens is 2. The third kappa shape index (κ3) is 4.39. The van der Waals surface area contributed by atoms with Crippen LogP contribution in [0.3, 0.4) is 0 Å². The number of nitrogens with zero attached hydrogens (tertiary/aromatic N) is 2. The average molecular weight is 429 g/mol. The smallest absolute Gasteiger partial charge is 0.323 e. The number of para-hydroxylation sites is 1. The topological polar surface area (TPSA) is 97.4 Å². The summed E-state index contributed by atoms with van der Waals surface area (Å²) in [6, 6.07) is 20.1. The Bertz CT molecular complexity index is 1260. The predicted octanol–water partition coefficient (Wildman–Crippen LogP) is 5.00. The SMILES string of the molecule is CNc1nc(-c2cccc(NC(=O)Nc3ccccc3)c2)c2cc(OC)c(OC)cc2n1. The number of fused-ring (bicyclic) bond motifs is 1. The Hall–Kier alpha value is -4.33. The third-order valence-electron chi connectivity index (χ3n) is 4.85. The predicted molar refractivity (Wildman–Crippen MR) is 127 cm³/mol. The molecule has 0 atom stereocenters. The Balaban J connectivity index is 1.71. The van der Waals surface area contributed by atoms with Crippen LogP contribution in [-0.4, -0.2) is 37.3 Å². The summed E-state index contributed by atoms with van der Waals surface area (Å²) < 4.78 is 10.9. The lowest BCUT2D eigenvalue weighted by atomic mass is 10.0. The summed E-state index contributed by atoms with van der Waals surface area (Å²) in [4.78, 5) is 21.6. The van der Waals surface area contributed by atoms with E-state index in [1.165, 1.54) is 0 Å². The lowest BCUT2D eigenvalue weighted by Gasteiger charge is -2.14. The van der Waals surface area contributed by atoms with Gasteiger partial charge in [-0.1, -0.05) is 30.3 Å². The normalized spacial score (nSPS) is 10.5. The summed E-state index contributed by atoms with van der Waals surface area (Å²) in [5.41, 5.74) is 3.57. The molecule has 8 nitrogen and oxygen atoms in total. The van der Waals surface area contributed by atoms with Crippen molar-refractivity contribution in [2.45, 2.75) is 0 Å². The second kappa shape index (κ2) is 9.22. The van der Waals surface area contributed by atoms with E-state index in [1.807, 2.05) is 66.7 Å². The van der Waals surface area contributed by atoms with Gasteiger partial charge in [0.25, 0.3) is 0 Å². The number of hydrogen-bond donors (Lipinski definition) is 3. The van der Waals surface area contributed by atoms with Crippen LogP contribution in [0.4, 0.5) is 22.1 Å². The number of ether oxygens (including phenoxy) is 2. The molecule has 8 heteroatoms. The summed E-state index contributed by atoms with van der Waals surface area (Å²) in [7, 11) is 4.93. The van der Waals surface area contributed by atoms with E-state index in [0.717, 1.165) is 10.9 Å². The maximum atomic E-state index is 12.4. The van der Waals surface area contributed by atoms with Crippen molar-refractivity contribution in [2.24, 2.45) is 0 Å². The Labute approximate surface area is 185 Å². The first-order chi connectivity index (χ1) is 15.6. The fourth-order valence-corrected chi connectivity index (χ4v) is 3.35. The second-order valence-corrected chi connectivity index (χ2v) is 6.90. The zero-order valence-corrected chi connectivity index (χ0v) is 18.0. The molecule has 0 saturated carbocycles. The van der Waals surface area contributed by atoms with Crippen molar-refractivity contribution in [3.05, 3.63) is 66.7 Å². The molecule has 1 heterocycles. The van der Waals surface area contributed by atoms with Crippen LogP contribution in [-0.2, 0) is 0 Å². The average Bonchev–Trinajstić information content (AvgIpc) is 2.83. The zero-order valence-electron chi connectivity index (χ0n) is 18.0. The highest BCUT2D eigenvalue weighted by Gasteiger charge is 2.15. The molecule has 0 bridgehead atoms. The largest absolute Gasteiger partial charge is 0.493 e. The third-order valence-corrected chi connectivity index (χ3v) is 4.85. The molecular formula is C24H23N5O3. The number of urea groups is 1. The molecule has 0 aliphatic heterocycles. The van der Waals surface area contributed by atoms with Gasteiger partial charge in [0.2, 0.25) is 5.95 Å². The first kappa shape index (κ1) is 20.9. The minimum atomic E-state index is -0.330. The van der Waals surface area contributed by atoms with Gasteiger partial charge in [-0.2, -0.15) is 0 Å². The molecule has 0 aliphatic rings. The fraction of sp³-hybridized carbons (Fsp3) is 0.125. The molecule has 3 N–H and O–H groups in total. The van der Waals surface area contributed by atoms with Gasteiger partial charge in [-0.05, 0) is 30.3 Å². The van der Waals surface area contributed by atoms with Gasteiger partial charge >= 0.3 is 6.03 Å². The maximum absolute atomic E-state index is 12.4. The van der Waals surface area contributed by atoms with E-state index in [0.29, 0.717) is 40.0 Å². The highest BCUT2D eigenvalue weighted by Crippen LogP contribution is 2.36. The fourth-order valence-electron chi connectivity index (χ4n) is 3.35. The van der Waals surface area contributed by atoms with E-state index in [4.69, 9.17) is 9.47 Å². The van der Waals surface area contributed by atoms with E-state index >= 15 is 0 Å². The Morgan fingerprint density at radius 3 is 2.22 bits per heavy atom. The van der Waals surface area contributed by atoms with Crippen molar-refractivity contribution in [3.63, 3.8) is 0 Å². The quantitative estimate of drug-likeness (QED) is 0.399. The molecule has 0 saturated heterocycles.